The van der Waals surface area contributed by atoms with Gasteiger partial charge in [0.2, 0.25) is 5.91 Å². The first-order valence-corrected chi connectivity index (χ1v) is 7.18. The summed E-state index contributed by atoms with van der Waals surface area (Å²) in [5, 5.41) is 0. The molecule has 1 aromatic carbocycles. The largest absolute Gasteiger partial charge is 0.494 e. The predicted molar refractivity (Wildman–Crippen MR) is 81.6 cm³/mol. The van der Waals surface area contributed by atoms with Gasteiger partial charge < -0.3 is 25.0 Å². The van der Waals surface area contributed by atoms with E-state index in [9.17, 15) is 9.18 Å². The minimum Gasteiger partial charge on any atom is -0.494 e. The molecule has 1 saturated heterocycles. The second-order valence-electron chi connectivity index (χ2n) is 5.19. The lowest BCUT2D eigenvalue weighted by Crippen LogP contribution is -2.54. The monoisotopic (exact) mass is 311 g/mol. The maximum atomic E-state index is 13.3. The van der Waals surface area contributed by atoms with Gasteiger partial charge in [-0.3, -0.25) is 4.79 Å². The molecular formula is C15H22FN3O3. The van der Waals surface area contributed by atoms with Gasteiger partial charge in [0.05, 0.1) is 19.4 Å². The highest BCUT2D eigenvalue weighted by Gasteiger charge is 2.26. The zero-order valence-corrected chi connectivity index (χ0v) is 12.9. The normalized spacial score (nSPS) is 16.5. The van der Waals surface area contributed by atoms with Gasteiger partial charge in [0.1, 0.15) is 17.6 Å². The highest BCUT2D eigenvalue weighted by Crippen LogP contribution is 2.29. The number of rotatable bonds is 5. The van der Waals surface area contributed by atoms with Gasteiger partial charge in [-0.15, -0.1) is 0 Å². The van der Waals surface area contributed by atoms with Gasteiger partial charge >= 0.3 is 0 Å². The van der Waals surface area contributed by atoms with E-state index in [1.165, 1.54) is 26.4 Å². The molecule has 0 radical (unpaired) electrons. The zero-order valence-electron chi connectivity index (χ0n) is 12.9. The van der Waals surface area contributed by atoms with Gasteiger partial charge in [0, 0.05) is 39.4 Å². The predicted octanol–water partition coefficient (Wildman–Crippen LogP) is 0.457. The Morgan fingerprint density at radius 2 is 2.00 bits per heavy atom. The molecule has 122 valence electrons. The van der Waals surface area contributed by atoms with E-state index in [1.54, 1.807) is 11.0 Å². The lowest BCUT2D eigenvalue weighted by molar-refractivity contribution is -0.134. The van der Waals surface area contributed by atoms with Crippen molar-refractivity contribution in [3.63, 3.8) is 0 Å². The first-order valence-electron chi connectivity index (χ1n) is 7.18. The summed E-state index contributed by atoms with van der Waals surface area (Å²) in [7, 11) is 3.04. The van der Waals surface area contributed by atoms with Crippen molar-refractivity contribution in [1.82, 2.24) is 4.90 Å². The summed E-state index contributed by atoms with van der Waals surface area (Å²) in [6.45, 7) is 2.64. The van der Waals surface area contributed by atoms with Crippen molar-refractivity contribution in [2.45, 2.75) is 6.04 Å². The van der Waals surface area contributed by atoms with Gasteiger partial charge in [-0.05, 0) is 12.1 Å². The minimum atomic E-state index is -0.628. The number of benzene rings is 1. The number of hydrogen-bond donors (Lipinski definition) is 1. The van der Waals surface area contributed by atoms with E-state index in [0.717, 1.165) is 5.69 Å². The second kappa shape index (κ2) is 7.42. The van der Waals surface area contributed by atoms with Gasteiger partial charge in [0.15, 0.2) is 0 Å². The third-order valence-electron chi connectivity index (χ3n) is 3.74. The SMILES string of the molecule is COCC(N)C(=O)N1CCN(c2ccc(F)cc2OC)CC1. The Bertz CT molecular complexity index is 519. The van der Waals surface area contributed by atoms with Crippen LogP contribution in [0.3, 0.4) is 0 Å². The van der Waals surface area contributed by atoms with Crippen molar-refractivity contribution in [3.8, 4) is 5.75 Å². The molecule has 1 amide bonds. The molecule has 0 aromatic heterocycles. The van der Waals surface area contributed by atoms with Crippen molar-refractivity contribution >= 4 is 11.6 Å². The molecule has 2 N–H and O–H groups in total. The van der Waals surface area contributed by atoms with E-state index in [0.29, 0.717) is 31.9 Å². The van der Waals surface area contributed by atoms with Crippen LogP contribution in [0.4, 0.5) is 10.1 Å². The summed E-state index contributed by atoms with van der Waals surface area (Å²) in [5.74, 6) is 0.0587. The van der Waals surface area contributed by atoms with Gasteiger partial charge in [-0.1, -0.05) is 0 Å². The number of methoxy groups -OCH3 is 2. The lowest BCUT2D eigenvalue weighted by Gasteiger charge is -2.37. The summed E-state index contributed by atoms with van der Waals surface area (Å²) in [6.07, 6.45) is 0. The van der Waals surface area contributed by atoms with Crippen molar-refractivity contribution in [2.75, 3.05) is 51.9 Å². The summed E-state index contributed by atoms with van der Waals surface area (Å²) in [5.41, 5.74) is 6.61. The van der Waals surface area contributed by atoms with Crippen molar-refractivity contribution in [3.05, 3.63) is 24.0 Å². The Morgan fingerprint density at radius 1 is 1.32 bits per heavy atom. The van der Waals surface area contributed by atoms with Crippen LogP contribution in [0.15, 0.2) is 18.2 Å². The van der Waals surface area contributed by atoms with E-state index < -0.39 is 6.04 Å². The van der Waals surface area contributed by atoms with Crippen LogP contribution in [0.2, 0.25) is 0 Å². The fourth-order valence-corrected chi connectivity index (χ4v) is 2.57. The van der Waals surface area contributed by atoms with Crippen LogP contribution in [0.1, 0.15) is 0 Å². The summed E-state index contributed by atoms with van der Waals surface area (Å²) in [4.78, 5) is 15.9. The van der Waals surface area contributed by atoms with E-state index in [1.807, 2.05) is 0 Å². The summed E-state index contributed by atoms with van der Waals surface area (Å²) in [6, 6.07) is 3.84. The Kier molecular flexibility index (Phi) is 5.57. The van der Waals surface area contributed by atoms with E-state index in [-0.39, 0.29) is 18.3 Å². The van der Waals surface area contributed by atoms with Crippen LogP contribution in [-0.4, -0.2) is 63.9 Å². The highest BCUT2D eigenvalue weighted by molar-refractivity contribution is 5.82. The van der Waals surface area contributed by atoms with Crippen molar-refractivity contribution < 1.29 is 18.7 Å². The highest BCUT2D eigenvalue weighted by atomic mass is 19.1. The Balaban J connectivity index is 1.99. The third-order valence-corrected chi connectivity index (χ3v) is 3.74. The molecule has 0 spiro atoms. The number of carbonyl (C=O) groups is 1. The number of halogens is 1. The maximum absolute atomic E-state index is 13.3. The molecular weight excluding hydrogens is 289 g/mol. The van der Waals surface area contributed by atoms with Gasteiger partial charge in [-0.2, -0.15) is 0 Å². The molecule has 1 aromatic rings. The number of amides is 1. The van der Waals surface area contributed by atoms with Crippen LogP contribution in [0.5, 0.6) is 5.75 Å². The Morgan fingerprint density at radius 3 is 2.59 bits per heavy atom. The molecule has 6 nitrogen and oxygen atoms in total. The second-order valence-corrected chi connectivity index (χ2v) is 5.19. The fraction of sp³-hybridized carbons (Fsp3) is 0.533. The molecule has 0 bridgehead atoms. The molecule has 0 saturated carbocycles. The molecule has 0 aliphatic carbocycles. The van der Waals surface area contributed by atoms with E-state index in [4.69, 9.17) is 15.2 Å². The molecule has 1 fully saturated rings. The molecule has 22 heavy (non-hydrogen) atoms. The van der Waals surface area contributed by atoms with Crippen LogP contribution in [0, 0.1) is 5.82 Å². The van der Waals surface area contributed by atoms with Crippen LogP contribution >= 0.6 is 0 Å². The maximum Gasteiger partial charge on any atom is 0.241 e. The lowest BCUT2D eigenvalue weighted by atomic mass is 10.2. The van der Waals surface area contributed by atoms with E-state index >= 15 is 0 Å². The average Bonchev–Trinajstić information content (AvgIpc) is 2.54. The molecule has 1 atom stereocenters. The topological polar surface area (TPSA) is 68.0 Å². The first kappa shape index (κ1) is 16.5. The molecule has 1 heterocycles. The standard InChI is InChI=1S/C15H22FN3O3/c1-21-10-12(17)15(20)19-7-5-18(6-8-19)13-4-3-11(16)9-14(13)22-2/h3-4,9,12H,5-8,10,17H2,1-2H3. The average molecular weight is 311 g/mol. The van der Waals surface area contributed by atoms with E-state index in [2.05, 4.69) is 4.90 Å². The number of piperazine rings is 1. The number of ether oxygens (including phenoxy) is 2. The van der Waals surface area contributed by atoms with Gasteiger partial charge in [0.25, 0.3) is 0 Å². The first-order chi connectivity index (χ1) is 10.6. The molecule has 1 unspecified atom stereocenters. The number of nitrogens with zero attached hydrogens (tertiary/aromatic N) is 2. The summed E-state index contributed by atoms with van der Waals surface area (Å²) < 4.78 is 23.4. The van der Waals surface area contributed by atoms with Crippen molar-refractivity contribution in [2.24, 2.45) is 5.73 Å². The molecule has 1 aliphatic heterocycles. The zero-order chi connectivity index (χ0) is 16.1. The number of anilines is 1. The van der Waals surface area contributed by atoms with Crippen molar-refractivity contribution in [1.29, 1.82) is 0 Å². The smallest absolute Gasteiger partial charge is 0.241 e. The minimum absolute atomic E-state index is 0.104. The number of carbonyl (C=O) groups excluding carboxylic acids is 1. The molecule has 1 aliphatic rings. The molecule has 2 rings (SSSR count). The number of nitrogens with two attached hydrogens (primary N) is 1. The Labute approximate surface area is 129 Å². The number of hydrogen-bond acceptors (Lipinski definition) is 5. The molecule has 7 heteroatoms. The van der Waals surface area contributed by atoms with Crippen LogP contribution in [-0.2, 0) is 9.53 Å². The van der Waals surface area contributed by atoms with Crippen LogP contribution < -0.4 is 15.4 Å². The third kappa shape index (κ3) is 3.66. The summed E-state index contributed by atoms with van der Waals surface area (Å²) >= 11 is 0. The van der Waals surface area contributed by atoms with Crippen LogP contribution in [0.25, 0.3) is 0 Å². The quantitative estimate of drug-likeness (QED) is 0.855. The Hall–Kier alpha value is -1.86. The fourth-order valence-electron chi connectivity index (χ4n) is 2.57. The van der Waals surface area contributed by atoms with Gasteiger partial charge in [-0.25, -0.2) is 4.39 Å².